The SMILES string of the molecule is Cc1cc(O)c2c(c1)[C@@H]([C@]13Cc4cc(O)c5c(c4[C@H]1C=C[C@@H](O)[C@H]3O)C(=O)c1cccc(O)c1C5=O)OC2=O. The van der Waals surface area contributed by atoms with Crippen molar-refractivity contribution in [1.82, 2.24) is 0 Å². The molecular formula is C30H22O9. The van der Waals surface area contributed by atoms with Gasteiger partial charge < -0.3 is 30.3 Å². The van der Waals surface area contributed by atoms with Crippen LogP contribution in [0.4, 0.5) is 0 Å². The molecule has 3 aromatic carbocycles. The number of rotatable bonds is 1. The van der Waals surface area contributed by atoms with Crippen molar-refractivity contribution in [2.45, 2.75) is 37.6 Å². The van der Waals surface area contributed by atoms with E-state index in [0.29, 0.717) is 22.3 Å². The third-order valence-electron chi connectivity index (χ3n) is 8.65. The zero-order chi connectivity index (χ0) is 27.5. The molecule has 0 amide bonds. The van der Waals surface area contributed by atoms with Crippen LogP contribution in [0, 0.1) is 12.3 Å². The highest BCUT2D eigenvalue weighted by Gasteiger charge is 2.63. The molecular weight excluding hydrogens is 504 g/mol. The van der Waals surface area contributed by atoms with E-state index < -0.39 is 52.9 Å². The van der Waals surface area contributed by atoms with Crippen LogP contribution in [0.5, 0.6) is 17.2 Å². The second-order valence-corrected chi connectivity index (χ2v) is 10.7. The van der Waals surface area contributed by atoms with E-state index in [1.54, 1.807) is 19.1 Å². The van der Waals surface area contributed by atoms with Crippen LogP contribution < -0.4 is 0 Å². The van der Waals surface area contributed by atoms with Gasteiger partial charge >= 0.3 is 5.97 Å². The minimum atomic E-state index is -1.48. The summed E-state index contributed by atoms with van der Waals surface area (Å²) in [5.41, 5.74) is -0.184. The number of aromatic hydroxyl groups is 3. The number of fused-ring (bicyclic) bond motifs is 7. The van der Waals surface area contributed by atoms with E-state index in [4.69, 9.17) is 4.74 Å². The predicted octanol–water partition coefficient (Wildman–Crippen LogP) is 2.72. The molecule has 1 aliphatic heterocycles. The lowest BCUT2D eigenvalue weighted by Gasteiger charge is -2.46. The zero-order valence-corrected chi connectivity index (χ0v) is 20.5. The van der Waals surface area contributed by atoms with Crippen LogP contribution in [0.15, 0.2) is 48.6 Å². The Kier molecular flexibility index (Phi) is 4.58. The summed E-state index contributed by atoms with van der Waals surface area (Å²) >= 11 is 0. The van der Waals surface area contributed by atoms with Gasteiger partial charge in [-0.05, 0) is 48.2 Å². The van der Waals surface area contributed by atoms with E-state index in [1.807, 2.05) is 0 Å². The van der Waals surface area contributed by atoms with Crippen molar-refractivity contribution in [2.75, 3.05) is 0 Å². The molecule has 5 N–H and O–H groups in total. The largest absolute Gasteiger partial charge is 0.507 e. The van der Waals surface area contributed by atoms with Crippen LogP contribution in [0.2, 0.25) is 0 Å². The molecule has 9 heteroatoms. The van der Waals surface area contributed by atoms with E-state index in [9.17, 15) is 39.9 Å². The number of carbonyl (C=O) groups is 3. The van der Waals surface area contributed by atoms with Gasteiger partial charge in [-0.1, -0.05) is 30.4 Å². The molecule has 0 saturated heterocycles. The summed E-state index contributed by atoms with van der Waals surface area (Å²) in [6.45, 7) is 1.73. The highest BCUT2D eigenvalue weighted by atomic mass is 16.6. The number of phenolic OH excluding ortho intramolecular Hbond substituents is 3. The minimum Gasteiger partial charge on any atom is -0.507 e. The molecule has 9 nitrogen and oxygen atoms in total. The maximum Gasteiger partial charge on any atom is 0.342 e. The molecule has 4 aliphatic rings. The Morgan fingerprint density at radius 2 is 1.59 bits per heavy atom. The minimum absolute atomic E-state index is 0.0170. The lowest BCUT2D eigenvalue weighted by Crippen LogP contribution is -2.51. The first-order chi connectivity index (χ1) is 18.6. The molecule has 3 aliphatic carbocycles. The molecule has 0 radical (unpaired) electrons. The number of cyclic esters (lactones) is 1. The average Bonchev–Trinajstić information content (AvgIpc) is 3.39. The smallest absolute Gasteiger partial charge is 0.342 e. The molecule has 196 valence electrons. The predicted molar refractivity (Wildman–Crippen MR) is 134 cm³/mol. The Balaban J connectivity index is 1.50. The molecule has 0 aromatic heterocycles. The Morgan fingerprint density at radius 1 is 0.846 bits per heavy atom. The maximum atomic E-state index is 13.9. The molecule has 0 spiro atoms. The first-order valence-corrected chi connectivity index (χ1v) is 12.4. The van der Waals surface area contributed by atoms with Crippen molar-refractivity contribution in [2.24, 2.45) is 5.41 Å². The molecule has 0 saturated carbocycles. The van der Waals surface area contributed by atoms with Crippen molar-refractivity contribution in [3.05, 3.63) is 98.6 Å². The summed E-state index contributed by atoms with van der Waals surface area (Å²) in [5.74, 6) is -4.00. The van der Waals surface area contributed by atoms with Gasteiger partial charge in [0.25, 0.3) is 0 Å². The molecule has 1 heterocycles. The third kappa shape index (κ3) is 2.78. The van der Waals surface area contributed by atoms with E-state index in [2.05, 4.69) is 0 Å². The molecule has 39 heavy (non-hydrogen) atoms. The fraction of sp³-hybridized carbons (Fsp3) is 0.233. The van der Waals surface area contributed by atoms with Crippen molar-refractivity contribution in [1.29, 1.82) is 0 Å². The van der Waals surface area contributed by atoms with Gasteiger partial charge in [0.2, 0.25) is 5.78 Å². The van der Waals surface area contributed by atoms with Crippen molar-refractivity contribution >= 4 is 17.5 Å². The summed E-state index contributed by atoms with van der Waals surface area (Å²) in [6, 6.07) is 8.61. The number of esters is 1. The summed E-state index contributed by atoms with van der Waals surface area (Å²) in [7, 11) is 0. The van der Waals surface area contributed by atoms with E-state index in [-0.39, 0.29) is 45.7 Å². The topological polar surface area (TPSA) is 162 Å². The standard InChI is InChI=1S/C30H22O9/c1-11-7-14-22(18(33)8-11)29(38)39-28(14)30-10-12-9-19(34)23-24(20(12)15(30)5-6-17(32)27(30)37)25(35)13-3-2-4-16(31)21(13)26(23)36/h2-9,15,17,27-28,31-34,37H,10H2,1H3/t15-,17-,27-,28+,30-/m1/s1. The molecule has 0 bridgehead atoms. The number of ketones is 2. The molecule has 0 unspecified atom stereocenters. The number of aryl methyl sites for hydroxylation is 1. The second-order valence-electron chi connectivity index (χ2n) is 10.7. The Hall–Kier alpha value is -4.47. The van der Waals surface area contributed by atoms with Gasteiger partial charge in [-0.15, -0.1) is 0 Å². The first-order valence-electron chi connectivity index (χ1n) is 12.4. The molecule has 5 atom stereocenters. The van der Waals surface area contributed by atoms with Gasteiger partial charge in [-0.3, -0.25) is 9.59 Å². The third-order valence-corrected chi connectivity index (χ3v) is 8.65. The number of allylic oxidation sites excluding steroid dienone is 1. The Labute approximate surface area is 221 Å². The van der Waals surface area contributed by atoms with Crippen LogP contribution in [0.25, 0.3) is 0 Å². The van der Waals surface area contributed by atoms with Gasteiger partial charge in [0.15, 0.2) is 5.78 Å². The van der Waals surface area contributed by atoms with Gasteiger partial charge in [0.05, 0.1) is 28.7 Å². The normalized spacial score (nSPS) is 27.9. The molecule has 7 rings (SSSR count). The summed E-state index contributed by atoms with van der Waals surface area (Å²) in [4.78, 5) is 40.3. The maximum absolute atomic E-state index is 13.9. The van der Waals surface area contributed by atoms with Crippen LogP contribution in [-0.2, 0) is 11.2 Å². The Bertz CT molecular complexity index is 1720. The monoisotopic (exact) mass is 526 g/mol. The van der Waals surface area contributed by atoms with Crippen LogP contribution in [-0.4, -0.2) is 55.3 Å². The fourth-order valence-electron chi connectivity index (χ4n) is 7.12. The molecule has 0 fully saturated rings. The summed E-state index contributed by atoms with van der Waals surface area (Å²) < 4.78 is 5.80. The van der Waals surface area contributed by atoms with Crippen molar-refractivity contribution in [3.8, 4) is 17.2 Å². The molecule has 3 aromatic rings. The number of benzene rings is 3. The number of aliphatic hydroxyl groups excluding tert-OH is 2. The van der Waals surface area contributed by atoms with Crippen LogP contribution in [0.3, 0.4) is 0 Å². The fourth-order valence-corrected chi connectivity index (χ4v) is 7.12. The number of aliphatic hydroxyl groups is 2. The van der Waals surface area contributed by atoms with Crippen molar-refractivity contribution in [3.63, 3.8) is 0 Å². The number of ether oxygens (including phenoxy) is 1. The lowest BCUT2D eigenvalue weighted by atomic mass is 9.61. The van der Waals surface area contributed by atoms with Crippen molar-refractivity contribution < 1.29 is 44.7 Å². The Morgan fingerprint density at radius 3 is 2.36 bits per heavy atom. The summed E-state index contributed by atoms with van der Waals surface area (Å²) in [5, 5.41) is 54.2. The van der Waals surface area contributed by atoms with Gasteiger partial charge in [-0.25, -0.2) is 4.79 Å². The van der Waals surface area contributed by atoms with Gasteiger partial charge in [0.1, 0.15) is 28.9 Å². The van der Waals surface area contributed by atoms with E-state index in [0.717, 1.165) is 0 Å². The van der Waals surface area contributed by atoms with Crippen LogP contribution in [0.1, 0.15) is 76.5 Å². The zero-order valence-electron chi connectivity index (χ0n) is 20.5. The lowest BCUT2D eigenvalue weighted by molar-refractivity contribution is -0.118. The highest BCUT2D eigenvalue weighted by Crippen LogP contribution is 2.64. The number of carbonyl (C=O) groups excluding carboxylic acids is 3. The quantitative estimate of drug-likeness (QED) is 0.185. The van der Waals surface area contributed by atoms with Crippen LogP contribution >= 0.6 is 0 Å². The number of phenols is 3. The number of hydrogen-bond donors (Lipinski definition) is 5. The second kappa shape index (κ2) is 7.56. The highest BCUT2D eigenvalue weighted by molar-refractivity contribution is 6.31. The van der Waals surface area contributed by atoms with Gasteiger partial charge in [0, 0.05) is 22.6 Å². The number of hydrogen-bond acceptors (Lipinski definition) is 9. The average molecular weight is 526 g/mol. The van der Waals surface area contributed by atoms with E-state index in [1.165, 1.54) is 36.4 Å². The van der Waals surface area contributed by atoms with E-state index >= 15 is 0 Å². The summed E-state index contributed by atoms with van der Waals surface area (Å²) in [6.07, 6.45) is -0.941. The van der Waals surface area contributed by atoms with Gasteiger partial charge in [-0.2, -0.15) is 0 Å². The first kappa shape index (κ1) is 23.6.